The summed E-state index contributed by atoms with van der Waals surface area (Å²) in [6.45, 7) is 3.89. The molecular weight excluding hydrogens is 240 g/mol. The molecule has 1 fully saturated rings. The fraction of sp³-hybridized carbons (Fsp3) is 0.400. The summed E-state index contributed by atoms with van der Waals surface area (Å²) in [5.41, 5.74) is 5.99. The second-order valence-corrected chi connectivity index (χ2v) is 5.01. The van der Waals surface area contributed by atoms with Crippen molar-refractivity contribution >= 4 is 17.4 Å². The van der Waals surface area contributed by atoms with Crippen molar-refractivity contribution in [2.24, 2.45) is 5.10 Å². The maximum Gasteiger partial charge on any atom is 0.271 e. The SMILES string of the molecule is Cc1ccc(C(=O)NN=C2CCCC(=O)C2)c(C)c1. The Kier molecular flexibility index (Phi) is 4.10. The molecule has 1 aliphatic carbocycles. The van der Waals surface area contributed by atoms with Crippen molar-refractivity contribution in [3.63, 3.8) is 0 Å². The number of hydrogen-bond acceptors (Lipinski definition) is 3. The Morgan fingerprint density at radius 1 is 1.26 bits per heavy atom. The maximum absolute atomic E-state index is 12.0. The quantitative estimate of drug-likeness (QED) is 0.829. The number of nitrogens with one attached hydrogen (secondary N) is 1. The van der Waals surface area contributed by atoms with Gasteiger partial charge >= 0.3 is 0 Å². The van der Waals surface area contributed by atoms with Crippen LogP contribution in [0.25, 0.3) is 0 Å². The van der Waals surface area contributed by atoms with Gasteiger partial charge in [-0.1, -0.05) is 17.7 Å². The van der Waals surface area contributed by atoms with Crippen molar-refractivity contribution < 1.29 is 9.59 Å². The van der Waals surface area contributed by atoms with Gasteiger partial charge in [-0.25, -0.2) is 5.43 Å². The highest BCUT2D eigenvalue weighted by molar-refractivity contribution is 6.04. The third-order valence-corrected chi connectivity index (χ3v) is 3.26. The summed E-state index contributed by atoms with van der Waals surface area (Å²) in [5.74, 6) is -0.0196. The van der Waals surface area contributed by atoms with Crippen LogP contribution in [0.15, 0.2) is 23.3 Å². The average molecular weight is 258 g/mol. The van der Waals surface area contributed by atoms with Crippen molar-refractivity contribution in [3.05, 3.63) is 34.9 Å². The van der Waals surface area contributed by atoms with Crippen molar-refractivity contribution in [2.75, 3.05) is 0 Å². The molecule has 0 spiro atoms. The van der Waals surface area contributed by atoms with E-state index in [1.54, 1.807) is 6.07 Å². The van der Waals surface area contributed by atoms with Gasteiger partial charge in [0.15, 0.2) is 0 Å². The van der Waals surface area contributed by atoms with Crippen LogP contribution in [-0.4, -0.2) is 17.4 Å². The van der Waals surface area contributed by atoms with Gasteiger partial charge in [-0.3, -0.25) is 9.59 Å². The van der Waals surface area contributed by atoms with Crippen LogP contribution in [0, 0.1) is 13.8 Å². The molecule has 4 heteroatoms. The Morgan fingerprint density at radius 3 is 2.74 bits per heavy atom. The topological polar surface area (TPSA) is 58.5 Å². The summed E-state index contributed by atoms with van der Waals surface area (Å²) in [4.78, 5) is 23.3. The molecule has 1 aromatic rings. The Balaban J connectivity index is 2.05. The van der Waals surface area contributed by atoms with Gasteiger partial charge in [0.2, 0.25) is 0 Å². The predicted molar refractivity (Wildman–Crippen MR) is 74.3 cm³/mol. The summed E-state index contributed by atoms with van der Waals surface area (Å²) >= 11 is 0. The molecule has 1 amide bonds. The summed E-state index contributed by atoms with van der Waals surface area (Å²) in [5, 5.41) is 4.07. The molecule has 19 heavy (non-hydrogen) atoms. The molecule has 1 saturated carbocycles. The van der Waals surface area contributed by atoms with E-state index >= 15 is 0 Å². The lowest BCUT2D eigenvalue weighted by molar-refractivity contribution is -0.118. The van der Waals surface area contributed by atoms with Crippen LogP contribution in [0.4, 0.5) is 0 Å². The molecule has 0 unspecified atom stereocenters. The Morgan fingerprint density at radius 2 is 2.05 bits per heavy atom. The zero-order valence-corrected chi connectivity index (χ0v) is 11.3. The van der Waals surface area contributed by atoms with Gasteiger partial charge in [0.05, 0.1) is 0 Å². The predicted octanol–water partition coefficient (Wildman–Crippen LogP) is 2.53. The van der Waals surface area contributed by atoms with E-state index in [-0.39, 0.29) is 11.7 Å². The van der Waals surface area contributed by atoms with Crippen molar-refractivity contribution in [2.45, 2.75) is 39.5 Å². The van der Waals surface area contributed by atoms with Crippen molar-refractivity contribution in [3.8, 4) is 0 Å². The highest BCUT2D eigenvalue weighted by Gasteiger charge is 2.15. The van der Waals surface area contributed by atoms with E-state index in [0.29, 0.717) is 18.4 Å². The summed E-state index contributed by atoms with van der Waals surface area (Å²) in [6, 6.07) is 5.66. The first-order valence-electron chi connectivity index (χ1n) is 6.51. The van der Waals surface area contributed by atoms with E-state index in [4.69, 9.17) is 0 Å². The lowest BCUT2D eigenvalue weighted by Gasteiger charge is -2.12. The van der Waals surface area contributed by atoms with E-state index < -0.39 is 0 Å². The summed E-state index contributed by atoms with van der Waals surface area (Å²) < 4.78 is 0. The molecule has 0 aliphatic heterocycles. The smallest absolute Gasteiger partial charge is 0.271 e. The molecular formula is C15H18N2O2. The first kappa shape index (κ1) is 13.5. The van der Waals surface area contributed by atoms with E-state index in [1.165, 1.54) is 0 Å². The highest BCUT2D eigenvalue weighted by Crippen LogP contribution is 2.12. The molecule has 4 nitrogen and oxygen atoms in total. The molecule has 1 N–H and O–H groups in total. The minimum atomic E-state index is -0.219. The average Bonchev–Trinajstić information content (AvgIpc) is 2.36. The number of aryl methyl sites for hydroxylation is 2. The highest BCUT2D eigenvalue weighted by atomic mass is 16.2. The Hall–Kier alpha value is -1.97. The fourth-order valence-corrected chi connectivity index (χ4v) is 2.25. The Labute approximate surface area is 112 Å². The fourth-order valence-electron chi connectivity index (χ4n) is 2.25. The molecule has 0 bridgehead atoms. The number of ketones is 1. The zero-order valence-electron chi connectivity index (χ0n) is 11.3. The molecule has 0 radical (unpaired) electrons. The van der Waals surface area contributed by atoms with Crippen LogP contribution in [0.1, 0.15) is 47.2 Å². The molecule has 100 valence electrons. The summed E-state index contributed by atoms with van der Waals surface area (Å²) in [7, 11) is 0. The van der Waals surface area contributed by atoms with E-state index in [0.717, 1.165) is 29.7 Å². The first-order chi connectivity index (χ1) is 9.06. The standard InChI is InChI=1S/C15H18N2O2/c1-10-6-7-14(11(2)8-10)15(19)17-16-12-4-3-5-13(18)9-12/h6-8H,3-5,9H2,1-2H3,(H,17,19). The van der Waals surface area contributed by atoms with E-state index in [1.807, 2.05) is 26.0 Å². The number of hydrazone groups is 1. The molecule has 0 heterocycles. The van der Waals surface area contributed by atoms with Gasteiger partial charge in [0.25, 0.3) is 5.91 Å². The second-order valence-electron chi connectivity index (χ2n) is 5.01. The third kappa shape index (κ3) is 3.50. The van der Waals surface area contributed by atoms with Gasteiger partial charge < -0.3 is 0 Å². The molecule has 1 aromatic carbocycles. The first-order valence-corrected chi connectivity index (χ1v) is 6.51. The zero-order chi connectivity index (χ0) is 13.8. The molecule has 2 rings (SSSR count). The monoisotopic (exact) mass is 258 g/mol. The number of nitrogens with zero attached hydrogens (tertiary/aromatic N) is 1. The normalized spacial score (nSPS) is 17.6. The number of Topliss-reactive ketones (excluding diaryl/α,β-unsaturated/α-hetero) is 1. The number of rotatable bonds is 2. The maximum atomic E-state index is 12.0. The van der Waals surface area contributed by atoms with E-state index in [9.17, 15) is 9.59 Å². The molecule has 0 saturated heterocycles. The second kappa shape index (κ2) is 5.78. The van der Waals surface area contributed by atoms with Crippen LogP contribution in [0.2, 0.25) is 0 Å². The number of amides is 1. The van der Waals surface area contributed by atoms with Crippen LogP contribution in [0.5, 0.6) is 0 Å². The Bertz CT molecular complexity index is 547. The molecule has 0 aromatic heterocycles. The van der Waals surface area contributed by atoms with Gasteiger partial charge in [0.1, 0.15) is 5.78 Å². The lowest BCUT2D eigenvalue weighted by atomic mass is 9.97. The molecule has 0 atom stereocenters. The van der Waals surface area contributed by atoms with Crippen LogP contribution in [0.3, 0.4) is 0 Å². The molecule has 1 aliphatic rings. The number of carbonyl (C=O) groups is 2. The van der Waals surface area contributed by atoms with Crippen LogP contribution < -0.4 is 5.43 Å². The van der Waals surface area contributed by atoms with Crippen molar-refractivity contribution in [1.29, 1.82) is 0 Å². The van der Waals surface area contributed by atoms with E-state index in [2.05, 4.69) is 10.5 Å². The number of hydrogen-bond donors (Lipinski definition) is 1. The largest absolute Gasteiger partial charge is 0.299 e. The number of benzene rings is 1. The summed E-state index contributed by atoms with van der Waals surface area (Å²) in [6.07, 6.45) is 2.62. The van der Waals surface area contributed by atoms with Crippen LogP contribution >= 0.6 is 0 Å². The minimum Gasteiger partial charge on any atom is -0.299 e. The number of carbonyl (C=O) groups excluding carboxylic acids is 2. The van der Waals surface area contributed by atoms with Gasteiger partial charge in [-0.05, 0) is 38.3 Å². The van der Waals surface area contributed by atoms with Gasteiger partial charge in [-0.15, -0.1) is 0 Å². The van der Waals surface area contributed by atoms with Gasteiger partial charge in [-0.2, -0.15) is 5.10 Å². The lowest BCUT2D eigenvalue weighted by Crippen LogP contribution is -2.23. The van der Waals surface area contributed by atoms with Gasteiger partial charge in [0, 0.05) is 24.1 Å². The minimum absolute atomic E-state index is 0.200. The van der Waals surface area contributed by atoms with Crippen molar-refractivity contribution in [1.82, 2.24) is 5.43 Å². The third-order valence-electron chi connectivity index (χ3n) is 3.26. The van der Waals surface area contributed by atoms with Crippen LogP contribution in [-0.2, 0) is 4.79 Å².